The highest BCUT2D eigenvalue weighted by Gasteiger charge is 2.39. The second kappa shape index (κ2) is 8.17. The predicted molar refractivity (Wildman–Crippen MR) is 95.5 cm³/mol. The fourth-order valence-electron chi connectivity index (χ4n) is 2.35. The Morgan fingerprint density at radius 2 is 1.78 bits per heavy atom. The van der Waals surface area contributed by atoms with Crippen LogP contribution in [0, 0.1) is 0 Å². The Morgan fingerprint density at radius 3 is 2.30 bits per heavy atom. The zero-order valence-corrected chi connectivity index (χ0v) is 15.5. The van der Waals surface area contributed by atoms with Crippen LogP contribution in [0.2, 0.25) is 0 Å². The lowest BCUT2D eigenvalue weighted by Crippen LogP contribution is -2.35. The number of sulfonamides is 1. The first-order valence-corrected chi connectivity index (χ1v) is 9.47. The second-order valence-electron chi connectivity index (χ2n) is 5.77. The molecule has 144 valence electrons. The van der Waals surface area contributed by atoms with Crippen molar-refractivity contribution >= 4 is 33.6 Å². The summed E-state index contributed by atoms with van der Waals surface area (Å²) >= 11 is 0. The molecule has 1 unspecified atom stereocenters. The molecule has 0 spiro atoms. The van der Waals surface area contributed by atoms with E-state index in [1.807, 2.05) is 0 Å². The lowest BCUT2D eigenvalue weighted by atomic mass is 10.2. The molecule has 1 fully saturated rings. The fraction of sp³-hybridized carbons (Fsp3) is 0.278. The summed E-state index contributed by atoms with van der Waals surface area (Å²) < 4.78 is 35.6. The molecule has 1 aromatic carbocycles. The van der Waals surface area contributed by atoms with Crippen molar-refractivity contribution in [2.75, 3.05) is 6.61 Å². The minimum Gasteiger partial charge on any atom is -0.487 e. The summed E-state index contributed by atoms with van der Waals surface area (Å²) in [6.45, 7) is 8.71. The van der Waals surface area contributed by atoms with Gasteiger partial charge in [0.25, 0.3) is 10.0 Å². The van der Waals surface area contributed by atoms with E-state index in [2.05, 4.69) is 13.2 Å². The van der Waals surface area contributed by atoms with Gasteiger partial charge in [0.2, 0.25) is 11.8 Å². The summed E-state index contributed by atoms with van der Waals surface area (Å²) in [4.78, 5) is 34.2. The highest BCUT2D eigenvalue weighted by Crippen LogP contribution is 2.25. The quantitative estimate of drug-likeness (QED) is 0.286. The molecule has 2 amide bonds. The normalized spacial score (nSPS) is 15.4. The highest BCUT2D eigenvalue weighted by molar-refractivity contribution is 7.90. The molecular weight excluding hydrogens is 374 g/mol. The topological polar surface area (TPSA) is 107 Å². The van der Waals surface area contributed by atoms with Gasteiger partial charge in [0.05, 0.1) is 4.90 Å². The number of esters is 1. The van der Waals surface area contributed by atoms with Crippen molar-refractivity contribution in [1.82, 2.24) is 4.31 Å². The predicted octanol–water partition coefficient (Wildman–Crippen LogP) is 1.63. The first-order chi connectivity index (χ1) is 12.7. The molecule has 9 heteroatoms. The van der Waals surface area contributed by atoms with Crippen molar-refractivity contribution in [1.29, 1.82) is 0 Å². The third kappa shape index (κ3) is 4.62. The Hall–Kier alpha value is -2.94. The standard InChI is InChI=1S/C18H19NO7S/c1-4-18(22)25-11-12(2)26-13(3)14-5-7-15(8-6-14)27(23,24)19-16(20)9-10-17(19)21/h4-8,12H,1,3,9-11H2,2H3. The molecule has 1 aliphatic heterocycles. The van der Waals surface area contributed by atoms with E-state index in [9.17, 15) is 22.8 Å². The van der Waals surface area contributed by atoms with Gasteiger partial charge in [-0.25, -0.2) is 13.2 Å². The molecule has 1 heterocycles. The van der Waals surface area contributed by atoms with Crippen LogP contribution >= 0.6 is 0 Å². The van der Waals surface area contributed by atoms with Crippen molar-refractivity contribution in [3.05, 3.63) is 49.1 Å². The first-order valence-electron chi connectivity index (χ1n) is 8.03. The maximum absolute atomic E-state index is 12.5. The molecule has 8 nitrogen and oxygen atoms in total. The van der Waals surface area contributed by atoms with E-state index in [-0.39, 0.29) is 30.1 Å². The van der Waals surface area contributed by atoms with Gasteiger partial charge in [-0.1, -0.05) is 13.2 Å². The molecule has 0 aliphatic carbocycles. The van der Waals surface area contributed by atoms with Gasteiger partial charge in [0.1, 0.15) is 18.5 Å². The van der Waals surface area contributed by atoms with Crippen molar-refractivity contribution in [3.8, 4) is 0 Å². The van der Waals surface area contributed by atoms with Crippen LogP contribution in [0.15, 0.2) is 48.4 Å². The fourth-order valence-corrected chi connectivity index (χ4v) is 3.76. The van der Waals surface area contributed by atoms with Gasteiger partial charge >= 0.3 is 5.97 Å². The number of imide groups is 1. The van der Waals surface area contributed by atoms with Gasteiger partial charge in [-0.15, -0.1) is 0 Å². The molecular formula is C18H19NO7S. The van der Waals surface area contributed by atoms with Gasteiger partial charge in [-0.05, 0) is 31.2 Å². The third-order valence-electron chi connectivity index (χ3n) is 3.69. The van der Waals surface area contributed by atoms with Gasteiger partial charge < -0.3 is 9.47 Å². The zero-order chi connectivity index (χ0) is 20.2. The van der Waals surface area contributed by atoms with Crippen LogP contribution in [0.4, 0.5) is 0 Å². The Morgan fingerprint density at radius 1 is 1.22 bits per heavy atom. The van der Waals surface area contributed by atoms with Crippen molar-refractivity contribution in [2.45, 2.75) is 30.8 Å². The summed E-state index contributed by atoms with van der Waals surface area (Å²) in [6.07, 6.45) is 0.325. The number of rotatable bonds is 8. The number of benzene rings is 1. The lowest BCUT2D eigenvalue weighted by Gasteiger charge is -2.17. The third-order valence-corrected chi connectivity index (χ3v) is 5.45. The average Bonchev–Trinajstić information content (AvgIpc) is 2.98. The minimum atomic E-state index is -4.23. The van der Waals surface area contributed by atoms with E-state index in [1.165, 1.54) is 24.3 Å². The summed E-state index contributed by atoms with van der Waals surface area (Å²) in [7, 11) is -4.23. The summed E-state index contributed by atoms with van der Waals surface area (Å²) in [5.41, 5.74) is 0.495. The maximum Gasteiger partial charge on any atom is 0.330 e. The lowest BCUT2D eigenvalue weighted by molar-refractivity contribution is -0.140. The molecule has 1 aliphatic rings. The molecule has 0 radical (unpaired) electrons. The first kappa shape index (κ1) is 20.4. The Kier molecular flexibility index (Phi) is 6.17. The van der Waals surface area contributed by atoms with Crippen molar-refractivity contribution in [2.24, 2.45) is 0 Å². The van der Waals surface area contributed by atoms with E-state index >= 15 is 0 Å². The minimum absolute atomic E-state index is 0.00445. The number of hydrogen-bond donors (Lipinski definition) is 0. The maximum atomic E-state index is 12.5. The summed E-state index contributed by atoms with van der Waals surface area (Å²) in [5.74, 6) is -1.80. The number of amides is 2. The average molecular weight is 393 g/mol. The highest BCUT2D eigenvalue weighted by atomic mass is 32.2. The Labute approximate surface area is 157 Å². The molecule has 1 aromatic rings. The molecule has 2 rings (SSSR count). The molecule has 0 N–H and O–H groups in total. The number of carbonyl (C=O) groups excluding carboxylic acids is 3. The number of nitrogens with zero attached hydrogens (tertiary/aromatic N) is 1. The molecule has 0 aromatic heterocycles. The van der Waals surface area contributed by atoms with Crippen molar-refractivity contribution in [3.63, 3.8) is 0 Å². The van der Waals surface area contributed by atoms with Gasteiger partial charge in [0, 0.05) is 24.5 Å². The van der Waals surface area contributed by atoms with Gasteiger partial charge in [-0.2, -0.15) is 4.31 Å². The number of hydrogen-bond acceptors (Lipinski definition) is 7. The SMILES string of the molecule is C=CC(=O)OCC(C)OC(=C)c1ccc(S(=O)(=O)N2C(=O)CCC2=O)cc1. The van der Waals surface area contributed by atoms with Crippen LogP contribution in [-0.4, -0.2) is 43.2 Å². The molecule has 1 atom stereocenters. The van der Waals surface area contributed by atoms with Crippen LogP contribution in [0.3, 0.4) is 0 Å². The van der Waals surface area contributed by atoms with Crippen molar-refractivity contribution < 1.29 is 32.3 Å². The summed E-state index contributed by atoms with van der Waals surface area (Å²) in [6, 6.07) is 5.42. The van der Waals surface area contributed by atoms with Crippen LogP contribution in [0.5, 0.6) is 0 Å². The van der Waals surface area contributed by atoms with Gasteiger partial charge in [-0.3, -0.25) is 9.59 Å². The largest absolute Gasteiger partial charge is 0.487 e. The number of ether oxygens (including phenoxy) is 2. The van der Waals surface area contributed by atoms with Crippen LogP contribution in [0.25, 0.3) is 5.76 Å². The molecule has 0 bridgehead atoms. The van der Waals surface area contributed by atoms with Crippen LogP contribution in [-0.2, 0) is 33.9 Å². The second-order valence-corrected chi connectivity index (χ2v) is 7.55. The number of carbonyl (C=O) groups is 3. The van der Waals surface area contributed by atoms with Crippen LogP contribution in [0.1, 0.15) is 25.3 Å². The Balaban J connectivity index is 2.07. The summed E-state index contributed by atoms with van der Waals surface area (Å²) in [5, 5.41) is 0. The molecule has 27 heavy (non-hydrogen) atoms. The van der Waals surface area contributed by atoms with E-state index in [0.29, 0.717) is 9.87 Å². The smallest absolute Gasteiger partial charge is 0.330 e. The molecule has 1 saturated heterocycles. The zero-order valence-electron chi connectivity index (χ0n) is 14.7. The molecule has 0 saturated carbocycles. The monoisotopic (exact) mass is 393 g/mol. The van der Waals surface area contributed by atoms with E-state index in [4.69, 9.17) is 9.47 Å². The van der Waals surface area contributed by atoms with Gasteiger partial charge in [0.15, 0.2) is 0 Å². The van der Waals surface area contributed by atoms with E-state index in [1.54, 1.807) is 6.92 Å². The van der Waals surface area contributed by atoms with E-state index in [0.717, 1.165) is 6.08 Å². The van der Waals surface area contributed by atoms with E-state index < -0.39 is 33.9 Å². The Bertz CT molecular complexity index is 871. The van der Waals surface area contributed by atoms with Crippen LogP contribution < -0.4 is 0 Å².